The standard InChI is InChI=1S/C15H21ClN2O5.ClH/c1-21-10(7-17)6-14(20)18-8-12(19)9-4-11(16)15-13(5-9)22-2-3-23-15;/h4-5,10,12,19H,2-3,6-8,17H2,1H3,(H,18,20);1H. The Labute approximate surface area is 151 Å². The lowest BCUT2D eigenvalue weighted by Gasteiger charge is -2.22. The van der Waals surface area contributed by atoms with Crippen LogP contribution in [0.4, 0.5) is 0 Å². The third kappa shape index (κ3) is 5.39. The van der Waals surface area contributed by atoms with Gasteiger partial charge in [-0.05, 0) is 17.7 Å². The maximum Gasteiger partial charge on any atom is 0.222 e. The van der Waals surface area contributed by atoms with E-state index in [1.165, 1.54) is 7.11 Å². The first-order chi connectivity index (χ1) is 11.0. The molecule has 0 saturated carbocycles. The fraction of sp³-hybridized carbons (Fsp3) is 0.533. The molecule has 1 amide bonds. The van der Waals surface area contributed by atoms with Crippen molar-refractivity contribution in [1.29, 1.82) is 0 Å². The van der Waals surface area contributed by atoms with Crippen molar-refractivity contribution in [3.05, 3.63) is 22.7 Å². The zero-order valence-electron chi connectivity index (χ0n) is 13.3. The largest absolute Gasteiger partial charge is 0.486 e. The maximum absolute atomic E-state index is 11.8. The molecule has 24 heavy (non-hydrogen) atoms. The SMILES string of the molecule is COC(CN)CC(=O)NCC(O)c1cc(Cl)c2c(c1)OCCO2.Cl. The summed E-state index contributed by atoms with van der Waals surface area (Å²) in [5.74, 6) is 0.723. The van der Waals surface area contributed by atoms with Gasteiger partial charge in [0.2, 0.25) is 5.91 Å². The van der Waals surface area contributed by atoms with Gasteiger partial charge in [-0.3, -0.25) is 4.79 Å². The molecule has 0 aliphatic carbocycles. The molecular formula is C15H22Cl2N2O5. The zero-order valence-corrected chi connectivity index (χ0v) is 14.9. The normalized spacial score (nSPS) is 15.2. The second-order valence-electron chi connectivity index (χ2n) is 5.14. The highest BCUT2D eigenvalue weighted by Crippen LogP contribution is 2.39. The Morgan fingerprint density at radius 2 is 2.17 bits per heavy atom. The molecule has 1 aliphatic rings. The van der Waals surface area contributed by atoms with Crippen molar-refractivity contribution < 1.29 is 24.1 Å². The number of ether oxygens (including phenoxy) is 3. The molecule has 0 aromatic heterocycles. The van der Waals surface area contributed by atoms with Gasteiger partial charge < -0.3 is 30.4 Å². The Bertz CT molecular complexity index is 555. The third-order valence-electron chi connectivity index (χ3n) is 3.51. The van der Waals surface area contributed by atoms with Crippen molar-refractivity contribution in [3.8, 4) is 11.5 Å². The van der Waals surface area contributed by atoms with E-state index in [9.17, 15) is 9.90 Å². The fourth-order valence-corrected chi connectivity index (χ4v) is 2.47. The molecule has 9 heteroatoms. The van der Waals surface area contributed by atoms with Crippen molar-refractivity contribution in [2.45, 2.75) is 18.6 Å². The van der Waals surface area contributed by atoms with Crippen molar-refractivity contribution in [3.63, 3.8) is 0 Å². The lowest BCUT2D eigenvalue weighted by Crippen LogP contribution is -2.34. The van der Waals surface area contributed by atoms with Gasteiger partial charge in [-0.15, -0.1) is 12.4 Å². The number of hydrogen-bond donors (Lipinski definition) is 3. The van der Waals surface area contributed by atoms with Crippen LogP contribution in [-0.2, 0) is 9.53 Å². The number of benzene rings is 1. The number of rotatable bonds is 7. The molecule has 7 nitrogen and oxygen atoms in total. The summed E-state index contributed by atoms with van der Waals surface area (Å²) >= 11 is 6.13. The Morgan fingerprint density at radius 1 is 1.46 bits per heavy atom. The maximum atomic E-state index is 11.8. The molecule has 0 bridgehead atoms. The van der Waals surface area contributed by atoms with E-state index in [1.807, 2.05) is 0 Å². The smallest absolute Gasteiger partial charge is 0.222 e. The fourth-order valence-electron chi connectivity index (χ4n) is 2.19. The molecule has 0 spiro atoms. The lowest BCUT2D eigenvalue weighted by molar-refractivity contribution is -0.123. The number of nitrogens with one attached hydrogen (secondary N) is 1. The summed E-state index contributed by atoms with van der Waals surface area (Å²) in [7, 11) is 1.50. The first kappa shape index (κ1) is 20.8. The van der Waals surface area contributed by atoms with Gasteiger partial charge in [-0.25, -0.2) is 0 Å². The number of hydrogen-bond acceptors (Lipinski definition) is 6. The predicted molar refractivity (Wildman–Crippen MR) is 92.1 cm³/mol. The molecule has 136 valence electrons. The minimum Gasteiger partial charge on any atom is -0.486 e. The minimum atomic E-state index is -0.911. The van der Waals surface area contributed by atoms with Gasteiger partial charge in [-0.1, -0.05) is 11.6 Å². The molecule has 0 saturated heterocycles. The second-order valence-corrected chi connectivity index (χ2v) is 5.55. The quantitative estimate of drug-likeness (QED) is 0.653. The van der Waals surface area contributed by atoms with Crippen LogP contribution >= 0.6 is 24.0 Å². The van der Waals surface area contributed by atoms with Crippen molar-refractivity contribution >= 4 is 29.9 Å². The first-order valence-electron chi connectivity index (χ1n) is 7.31. The van der Waals surface area contributed by atoms with Gasteiger partial charge in [0.05, 0.1) is 23.7 Å². The number of amides is 1. The Morgan fingerprint density at radius 3 is 2.83 bits per heavy atom. The molecule has 2 unspecified atom stereocenters. The highest BCUT2D eigenvalue weighted by Gasteiger charge is 2.20. The number of aliphatic hydroxyl groups excluding tert-OH is 1. The monoisotopic (exact) mass is 380 g/mol. The van der Waals surface area contributed by atoms with Gasteiger partial charge in [0.25, 0.3) is 0 Å². The van der Waals surface area contributed by atoms with E-state index >= 15 is 0 Å². The zero-order chi connectivity index (χ0) is 16.8. The molecule has 1 aromatic carbocycles. The van der Waals surface area contributed by atoms with Gasteiger partial charge in [-0.2, -0.15) is 0 Å². The van der Waals surface area contributed by atoms with Gasteiger partial charge in [0.1, 0.15) is 13.2 Å². The molecule has 2 atom stereocenters. The Hall–Kier alpha value is -1.25. The average molecular weight is 381 g/mol. The van der Waals surface area contributed by atoms with E-state index in [1.54, 1.807) is 12.1 Å². The van der Waals surface area contributed by atoms with Crippen LogP contribution in [0, 0.1) is 0 Å². The van der Waals surface area contributed by atoms with Crippen molar-refractivity contribution in [2.24, 2.45) is 5.73 Å². The summed E-state index contributed by atoms with van der Waals surface area (Å²) in [6, 6.07) is 3.26. The second kappa shape index (κ2) is 9.90. The topological polar surface area (TPSA) is 103 Å². The van der Waals surface area contributed by atoms with Crippen LogP contribution in [0.25, 0.3) is 0 Å². The molecule has 4 N–H and O–H groups in total. The van der Waals surface area contributed by atoms with E-state index < -0.39 is 6.10 Å². The average Bonchev–Trinajstić information content (AvgIpc) is 2.57. The Balaban J connectivity index is 0.00000288. The van der Waals surface area contributed by atoms with Crippen LogP contribution in [0.1, 0.15) is 18.1 Å². The van der Waals surface area contributed by atoms with Gasteiger partial charge in [0, 0.05) is 20.2 Å². The van der Waals surface area contributed by atoms with E-state index in [0.29, 0.717) is 35.3 Å². The number of fused-ring (bicyclic) bond motifs is 1. The van der Waals surface area contributed by atoms with Gasteiger partial charge in [0.15, 0.2) is 11.5 Å². The first-order valence-corrected chi connectivity index (χ1v) is 7.69. The molecule has 1 aromatic rings. The predicted octanol–water partition coefficient (Wildman–Crippen LogP) is 1.05. The van der Waals surface area contributed by atoms with Gasteiger partial charge >= 0.3 is 0 Å². The highest BCUT2D eigenvalue weighted by atomic mass is 35.5. The summed E-state index contributed by atoms with van der Waals surface area (Å²) in [6.45, 7) is 1.17. The number of aliphatic hydroxyl groups is 1. The number of halogens is 2. The van der Waals surface area contributed by atoms with E-state index in [0.717, 1.165) is 0 Å². The highest BCUT2D eigenvalue weighted by molar-refractivity contribution is 6.32. The molecule has 1 aliphatic heterocycles. The summed E-state index contributed by atoms with van der Waals surface area (Å²) in [6.07, 6.45) is -1.11. The lowest BCUT2D eigenvalue weighted by atomic mass is 10.1. The van der Waals surface area contributed by atoms with Crippen LogP contribution in [0.2, 0.25) is 5.02 Å². The Kier molecular flexibility index (Phi) is 8.58. The van der Waals surface area contributed by atoms with Crippen LogP contribution in [0.15, 0.2) is 12.1 Å². The minimum absolute atomic E-state index is 0. The molecule has 0 fully saturated rings. The molecule has 0 radical (unpaired) electrons. The summed E-state index contributed by atoms with van der Waals surface area (Å²) in [5.41, 5.74) is 6.01. The van der Waals surface area contributed by atoms with Crippen molar-refractivity contribution in [1.82, 2.24) is 5.32 Å². The number of nitrogens with two attached hydrogens (primary N) is 1. The van der Waals surface area contributed by atoms with Crippen LogP contribution in [-0.4, -0.2) is 50.5 Å². The summed E-state index contributed by atoms with van der Waals surface area (Å²) in [5, 5.41) is 13.2. The molecule has 1 heterocycles. The van der Waals surface area contributed by atoms with Crippen molar-refractivity contribution in [2.75, 3.05) is 33.4 Å². The molecule has 2 rings (SSSR count). The van der Waals surface area contributed by atoms with E-state index in [2.05, 4.69) is 5.32 Å². The van der Waals surface area contributed by atoms with Crippen LogP contribution < -0.4 is 20.5 Å². The number of carbonyl (C=O) groups is 1. The number of methoxy groups -OCH3 is 1. The van der Waals surface area contributed by atoms with Crippen LogP contribution in [0.5, 0.6) is 11.5 Å². The summed E-state index contributed by atoms with van der Waals surface area (Å²) < 4.78 is 15.9. The van der Waals surface area contributed by atoms with Crippen LogP contribution in [0.3, 0.4) is 0 Å². The summed E-state index contributed by atoms with van der Waals surface area (Å²) in [4.78, 5) is 11.8. The molecular weight excluding hydrogens is 359 g/mol. The third-order valence-corrected chi connectivity index (χ3v) is 3.79. The van der Waals surface area contributed by atoms with E-state index in [4.69, 9.17) is 31.5 Å². The van der Waals surface area contributed by atoms with E-state index in [-0.39, 0.29) is 43.9 Å². The number of carbonyl (C=O) groups excluding carboxylic acids is 1.